The number of benzene rings is 1. The van der Waals surface area contributed by atoms with Crippen LogP contribution in [0.5, 0.6) is 0 Å². The lowest BCUT2D eigenvalue weighted by Crippen LogP contribution is -2.25. The molecule has 4 nitrogen and oxygen atoms in total. The molecule has 0 unspecified atom stereocenters. The van der Waals surface area contributed by atoms with Gasteiger partial charge < -0.3 is 9.88 Å². The Hall–Kier alpha value is -2.14. The molecule has 20 heavy (non-hydrogen) atoms. The summed E-state index contributed by atoms with van der Waals surface area (Å²) >= 11 is 5.74. The van der Waals surface area contributed by atoms with E-state index in [1.807, 2.05) is 0 Å². The van der Waals surface area contributed by atoms with Crippen LogP contribution < -0.4 is 10.9 Å². The van der Waals surface area contributed by atoms with Crippen LogP contribution >= 0.6 is 11.6 Å². The first-order valence-electron chi connectivity index (χ1n) is 5.83. The first-order chi connectivity index (χ1) is 9.40. The molecule has 0 saturated carbocycles. The van der Waals surface area contributed by atoms with E-state index in [4.69, 9.17) is 11.6 Å². The van der Waals surface area contributed by atoms with Crippen LogP contribution in [0, 0.1) is 12.7 Å². The topological polar surface area (TPSA) is 51.1 Å². The third kappa shape index (κ3) is 2.72. The van der Waals surface area contributed by atoms with Crippen LogP contribution in [0.3, 0.4) is 0 Å². The fraction of sp³-hybridized carbons (Fsp3) is 0.143. The van der Waals surface area contributed by atoms with Gasteiger partial charge in [0.2, 0.25) is 0 Å². The number of hydrogen-bond donors (Lipinski definition) is 1. The van der Waals surface area contributed by atoms with E-state index < -0.39 is 11.7 Å². The molecule has 1 N–H and O–H groups in total. The molecule has 1 aromatic heterocycles. The van der Waals surface area contributed by atoms with Crippen LogP contribution in [0.25, 0.3) is 0 Å². The van der Waals surface area contributed by atoms with E-state index in [9.17, 15) is 14.0 Å². The van der Waals surface area contributed by atoms with Crippen molar-refractivity contribution in [1.29, 1.82) is 0 Å². The molecule has 0 aliphatic heterocycles. The molecule has 0 bridgehead atoms. The molecule has 2 rings (SSSR count). The first-order valence-corrected chi connectivity index (χ1v) is 6.20. The summed E-state index contributed by atoms with van der Waals surface area (Å²) in [6.45, 7) is 1.69. The molecular formula is C14H12ClFN2O2. The smallest absolute Gasteiger partial charge is 0.274 e. The van der Waals surface area contributed by atoms with Gasteiger partial charge in [0, 0.05) is 18.3 Å². The maximum Gasteiger partial charge on any atom is 0.274 e. The van der Waals surface area contributed by atoms with Crippen LogP contribution in [0.4, 0.5) is 10.1 Å². The standard InChI is InChI=1S/C14H12ClFN2O2/c1-8-5-6-18(2)14(20)12(8)17-13(19)10-7-9(15)3-4-11(10)16/h3-7H,1-2H3,(H,17,19). The highest BCUT2D eigenvalue weighted by molar-refractivity contribution is 6.31. The number of aryl methyl sites for hydroxylation is 2. The zero-order chi connectivity index (χ0) is 14.9. The Bertz CT molecular complexity index is 740. The number of carbonyl (C=O) groups is 1. The molecule has 0 saturated heterocycles. The minimum Gasteiger partial charge on any atom is -0.317 e. The van der Waals surface area contributed by atoms with Crippen molar-refractivity contribution in [2.75, 3.05) is 5.32 Å². The molecule has 0 radical (unpaired) electrons. The van der Waals surface area contributed by atoms with Gasteiger partial charge in [-0.05, 0) is 36.8 Å². The monoisotopic (exact) mass is 294 g/mol. The summed E-state index contributed by atoms with van der Waals surface area (Å²) in [6, 6.07) is 5.36. The zero-order valence-electron chi connectivity index (χ0n) is 10.9. The van der Waals surface area contributed by atoms with E-state index in [0.29, 0.717) is 5.56 Å². The molecule has 0 aliphatic carbocycles. The van der Waals surface area contributed by atoms with Gasteiger partial charge >= 0.3 is 0 Å². The zero-order valence-corrected chi connectivity index (χ0v) is 11.7. The van der Waals surface area contributed by atoms with Crippen molar-refractivity contribution in [3.05, 3.63) is 62.8 Å². The second-order valence-electron chi connectivity index (χ2n) is 4.37. The van der Waals surface area contributed by atoms with Crippen molar-refractivity contribution in [2.24, 2.45) is 7.05 Å². The van der Waals surface area contributed by atoms with Crippen molar-refractivity contribution in [2.45, 2.75) is 6.92 Å². The minimum absolute atomic E-state index is 0.124. The average Bonchev–Trinajstić information content (AvgIpc) is 2.41. The molecule has 6 heteroatoms. The molecule has 0 atom stereocenters. The number of nitrogens with zero attached hydrogens (tertiary/aromatic N) is 1. The molecule has 0 aliphatic rings. The Morgan fingerprint density at radius 1 is 1.35 bits per heavy atom. The Balaban J connectivity index is 2.40. The van der Waals surface area contributed by atoms with Gasteiger partial charge in [-0.2, -0.15) is 0 Å². The third-order valence-electron chi connectivity index (χ3n) is 2.89. The average molecular weight is 295 g/mol. The highest BCUT2D eigenvalue weighted by Crippen LogP contribution is 2.17. The van der Waals surface area contributed by atoms with E-state index in [-0.39, 0.29) is 21.8 Å². The summed E-state index contributed by atoms with van der Waals surface area (Å²) in [5, 5.41) is 2.68. The van der Waals surface area contributed by atoms with E-state index in [2.05, 4.69) is 5.32 Å². The van der Waals surface area contributed by atoms with Gasteiger partial charge in [-0.25, -0.2) is 4.39 Å². The fourth-order valence-corrected chi connectivity index (χ4v) is 1.90. The molecule has 1 amide bonds. The van der Waals surface area contributed by atoms with Gasteiger partial charge in [-0.15, -0.1) is 0 Å². The number of halogens is 2. The predicted molar refractivity (Wildman–Crippen MR) is 75.8 cm³/mol. The van der Waals surface area contributed by atoms with Crippen LogP contribution in [0.1, 0.15) is 15.9 Å². The normalized spacial score (nSPS) is 10.4. The van der Waals surface area contributed by atoms with Gasteiger partial charge in [0.25, 0.3) is 11.5 Å². The van der Waals surface area contributed by atoms with E-state index >= 15 is 0 Å². The number of amides is 1. The summed E-state index contributed by atoms with van der Waals surface area (Å²) in [6.07, 6.45) is 1.59. The van der Waals surface area contributed by atoms with Crippen molar-refractivity contribution >= 4 is 23.2 Å². The molecule has 0 fully saturated rings. The Labute approximate surface area is 119 Å². The molecule has 2 aromatic rings. The van der Waals surface area contributed by atoms with Crippen molar-refractivity contribution in [3.8, 4) is 0 Å². The summed E-state index contributed by atoms with van der Waals surface area (Å²) in [5.74, 6) is -1.41. The minimum atomic E-state index is -0.712. The number of pyridine rings is 1. The maximum atomic E-state index is 13.6. The predicted octanol–water partition coefficient (Wildman–Crippen LogP) is 2.74. The highest BCUT2D eigenvalue weighted by Gasteiger charge is 2.15. The van der Waals surface area contributed by atoms with Crippen LogP contribution in [-0.2, 0) is 7.05 Å². The van der Waals surface area contributed by atoms with E-state index in [0.717, 1.165) is 6.07 Å². The van der Waals surface area contributed by atoms with Crippen LogP contribution in [0.2, 0.25) is 5.02 Å². The maximum absolute atomic E-state index is 13.6. The van der Waals surface area contributed by atoms with Gasteiger partial charge in [0.05, 0.1) is 5.56 Å². The van der Waals surface area contributed by atoms with Gasteiger partial charge in [-0.3, -0.25) is 9.59 Å². The summed E-state index contributed by atoms with van der Waals surface area (Å²) in [4.78, 5) is 24.0. The molecule has 104 valence electrons. The largest absolute Gasteiger partial charge is 0.317 e. The van der Waals surface area contributed by atoms with Crippen LogP contribution in [-0.4, -0.2) is 10.5 Å². The number of nitrogens with one attached hydrogen (secondary N) is 1. The first kappa shape index (κ1) is 14.3. The molecule has 1 aromatic carbocycles. The number of carbonyl (C=O) groups excluding carboxylic acids is 1. The SMILES string of the molecule is Cc1ccn(C)c(=O)c1NC(=O)c1cc(Cl)ccc1F. The Kier molecular flexibility index (Phi) is 3.90. The van der Waals surface area contributed by atoms with Crippen LogP contribution in [0.15, 0.2) is 35.3 Å². The van der Waals surface area contributed by atoms with E-state index in [1.165, 1.54) is 16.7 Å². The van der Waals surface area contributed by atoms with E-state index in [1.54, 1.807) is 26.2 Å². The Morgan fingerprint density at radius 3 is 2.75 bits per heavy atom. The highest BCUT2D eigenvalue weighted by atomic mass is 35.5. The van der Waals surface area contributed by atoms with Gasteiger partial charge in [0.1, 0.15) is 11.5 Å². The molecule has 0 spiro atoms. The van der Waals surface area contributed by atoms with Gasteiger partial charge in [0.15, 0.2) is 0 Å². The second-order valence-corrected chi connectivity index (χ2v) is 4.80. The number of hydrogen-bond acceptors (Lipinski definition) is 2. The number of rotatable bonds is 2. The van der Waals surface area contributed by atoms with Crippen molar-refractivity contribution in [3.63, 3.8) is 0 Å². The fourth-order valence-electron chi connectivity index (χ4n) is 1.72. The van der Waals surface area contributed by atoms with Gasteiger partial charge in [-0.1, -0.05) is 11.6 Å². The number of anilines is 1. The second kappa shape index (κ2) is 5.46. The summed E-state index contributed by atoms with van der Waals surface area (Å²) in [5.41, 5.74) is 0.159. The summed E-state index contributed by atoms with van der Waals surface area (Å²) < 4.78 is 14.9. The Morgan fingerprint density at radius 2 is 2.05 bits per heavy atom. The lowest BCUT2D eigenvalue weighted by atomic mass is 10.2. The lowest BCUT2D eigenvalue weighted by molar-refractivity contribution is 0.102. The number of aromatic nitrogens is 1. The lowest BCUT2D eigenvalue weighted by Gasteiger charge is -2.10. The third-order valence-corrected chi connectivity index (χ3v) is 3.12. The molecule has 1 heterocycles. The van der Waals surface area contributed by atoms with Crippen molar-refractivity contribution in [1.82, 2.24) is 4.57 Å². The van der Waals surface area contributed by atoms with Crippen molar-refractivity contribution < 1.29 is 9.18 Å². The summed E-state index contributed by atoms with van der Waals surface area (Å²) in [7, 11) is 1.57. The quantitative estimate of drug-likeness (QED) is 0.926. The molecular weight excluding hydrogens is 283 g/mol.